The summed E-state index contributed by atoms with van der Waals surface area (Å²) in [7, 11) is 0. The van der Waals surface area contributed by atoms with E-state index in [0.29, 0.717) is 18.4 Å². The van der Waals surface area contributed by atoms with Crippen molar-refractivity contribution in [2.24, 2.45) is 0 Å². The fourth-order valence-electron chi connectivity index (χ4n) is 2.27. The van der Waals surface area contributed by atoms with E-state index in [1.165, 1.54) is 0 Å². The van der Waals surface area contributed by atoms with Gasteiger partial charge in [-0.05, 0) is 30.2 Å². The van der Waals surface area contributed by atoms with Crippen molar-refractivity contribution in [2.45, 2.75) is 13.0 Å². The Bertz CT molecular complexity index is 808. The van der Waals surface area contributed by atoms with Crippen molar-refractivity contribution in [3.63, 3.8) is 0 Å². The Morgan fingerprint density at radius 2 is 1.80 bits per heavy atom. The Morgan fingerprint density at radius 3 is 2.65 bits per heavy atom. The lowest BCUT2D eigenvalue weighted by Crippen LogP contribution is -2.21. The van der Waals surface area contributed by atoms with Crippen molar-refractivity contribution in [2.75, 3.05) is 5.73 Å². The molecule has 0 fully saturated rings. The molecule has 3 rings (SSSR count). The maximum atomic E-state index is 12.3. The van der Waals surface area contributed by atoms with E-state index in [9.17, 15) is 4.79 Å². The quantitative estimate of drug-likeness (QED) is 0.739. The van der Waals surface area contributed by atoms with Crippen molar-refractivity contribution >= 4 is 16.6 Å². The lowest BCUT2D eigenvalue weighted by Gasteiger charge is -2.08. The average Bonchev–Trinajstić information content (AvgIpc) is 2.48. The number of hydrogen-bond donors (Lipinski definition) is 1. The Kier molecular flexibility index (Phi) is 3.21. The molecular formula is C16H15N3O. The number of aromatic nitrogens is 2. The summed E-state index contributed by atoms with van der Waals surface area (Å²) in [6.45, 7) is 0.574. The van der Waals surface area contributed by atoms with Gasteiger partial charge in [-0.25, -0.2) is 4.98 Å². The van der Waals surface area contributed by atoms with Crippen LogP contribution in [0.5, 0.6) is 0 Å². The molecule has 2 N–H and O–H groups in total. The highest BCUT2D eigenvalue weighted by Crippen LogP contribution is 2.12. The molecule has 1 heterocycles. The molecule has 4 heteroatoms. The minimum atomic E-state index is -0.00916. The summed E-state index contributed by atoms with van der Waals surface area (Å²) < 4.78 is 1.63. The molecule has 1 aromatic heterocycles. The molecular weight excluding hydrogens is 250 g/mol. The molecule has 20 heavy (non-hydrogen) atoms. The first-order chi connectivity index (χ1) is 9.75. The molecule has 3 aromatic rings. The SMILES string of the molecule is Nc1ccccc1CCn1cnc2ccccc2c1=O. The topological polar surface area (TPSA) is 60.9 Å². The minimum absolute atomic E-state index is 0.00916. The number of hydrogen-bond acceptors (Lipinski definition) is 3. The smallest absolute Gasteiger partial charge is 0.261 e. The van der Waals surface area contributed by atoms with Crippen molar-refractivity contribution in [3.8, 4) is 0 Å². The highest BCUT2D eigenvalue weighted by atomic mass is 16.1. The second-order valence-electron chi connectivity index (χ2n) is 4.71. The van der Waals surface area contributed by atoms with Crippen molar-refractivity contribution in [1.29, 1.82) is 0 Å². The van der Waals surface area contributed by atoms with Gasteiger partial charge in [0.1, 0.15) is 0 Å². The van der Waals surface area contributed by atoms with E-state index in [2.05, 4.69) is 4.98 Å². The maximum absolute atomic E-state index is 12.3. The van der Waals surface area contributed by atoms with Crippen LogP contribution in [0.15, 0.2) is 59.7 Å². The summed E-state index contributed by atoms with van der Waals surface area (Å²) in [6.07, 6.45) is 2.32. The number of nitrogens with two attached hydrogens (primary N) is 1. The van der Waals surface area contributed by atoms with E-state index < -0.39 is 0 Å². The molecule has 0 bridgehead atoms. The summed E-state index contributed by atoms with van der Waals surface area (Å²) in [6, 6.07) is 15.1. The van der Waals surface area contributed by atoms with Gasteiger partial charge in [0, 0.05) is 12.2 Å². The van der Waals surface area contributed by atoms with Gasteiger partial charge in [-0.2, -0.15) is 0 Å². The molecule has 0 aliphatic rings. The molecule has 4 nitrogen and oxygen atoms in total. The number of fused-ring (bicyclic) bond motifs is 1. The van der Waals surface area contributed by atoms with Gasteiger partial charge in [-0.15, -0.1) is 0 Å². The molecule has 0 radical (unpaired) electrons. The van der Waals surface area contributed by atoms with Crippen molar-refractivity contribution in [3.05, 3.63) is 70.8 Å². The normalized spacial score (nSPS) is 10.8. The highest BCUT2D eigenvalue weighted by molar-refractivity contribution is 5.76. The van der Waals surface area contributed by atoms with Gasteiger partial charge >= 0.3 is 0 Å². The molecule has 0 atom stereocenters. The molecule has 0 aliphatic heterocycles. The van der Waals surface area contributed by atoms with Crippen molar-refractivity contribution < 1.29 is 0 Å². The number of nitrogen functional groups attached to an aromatic ring is 1. The predicted molar refractivity (Wildman–Crippen MR) is 80.6 cm³/mol. The first-order valence-corrected chi connectivity index (χ1v) is 6.53. The Labute approximate surface area is 116 Å². The molecule has 2 aromatic carbocycles. The number of anilines is 1. The molecule has 100 valence electrons. The van der Waals surface area contributed by atoms with Gasteiger partial charge in [0.2, 0.25) is 0 Å². The maximum Gasteiger partial charge on any atom is 0.261 e. The van der Waals surface area contributed by atoms with Gasteiger partial charge in [0.25, 0.3) is 5.56 Å². The summed E-state index contributed by atoms with van der Waals surface area (Å²) in [5, 5.41) is 0.649. The van der Waals surface area contributed by atoms with Crippen LogP contribution in [-0.4, -0.2) is 9.55 Å². The summed E-state index contributed by atoms with van der Waals surface area (Å²) in [5.41, 5.74) is 8.44. The molecule has 0 aliphatic carbocycles. The Morgan fingerprint density at radius 1 is 1.05 bits per heavy atom. The Balaban J connectivity index is 1.90. The third kappa shape index (κ3) is 2.28. The number of nitrogens with zero attached hydrogens (tertiary/aromatic N) is 2. The standard InChI is InChI=1S/C16H15N3O/c17-14-7-3-1-5-12(14)9-10-19-11-18-15-8-4-2-6-13(15)16(19)20/h1-8,11H,9-10,17H2. The van der Waals surface area contributed by atoms with E-state index in [-0.39, 0.29) is 5.56 Å². The van der Waals surface area contributed by atoms with Crippen molar-refractivity contribution in [1.82, 2.24) is 9.55 Å². The Hall–Kier alpha value is -2.62. The van der Waals surface area contributed by atoms with Gasteiger partial charge in [-0.3, -0.25) is 9.36 Å². The third-order valence-corrected chi connectivity index (χ3v) is 3.41. The first kappa shape index (κ1) is 12.4. The van der Waals surface area contributed by atoms with E-state index in [1.54, 1.807) is 17.0 Å². The van der Waals surface area contributed by atoms with E-state index in [1.807, 2.05) is 42.5 Å². The molecule has 0 saturated heterocycles. The average molecular weight is 265 g/mol. The fourth-order valence-corrected chi connectivity index (χ4v) is 2.27. The number of rotatable bonds is 3. The number of aryl methyl sites for hydroxylation is 2. The van der Waals surface area contributed by atoms with Crippen LogP contribution in [0.1, 0.15) is 5.56 Å². The zero-order valence-corrected chi connectivity index (χ0v) is 11.0. The van der Waals surface area contributed by atoms with E-state index in [4.69, 9.17) is 5.73 Å². The first-order valence-electron chi connectivity index (χ1n) is 6.53. The van der Waals surface area contributed by atoms with Crippen LogP contribution in [0.3, 0.4) is 0 Å². The van der Waals surface area contributed by atoms with Gasteiger partial charge in [0.15, 0.2) is 0 Å². The van der Waals surface area contributed by atoms with Crippen LogP contribution in [0, 0.1) is 0 Å². The third-order valence-electron chi connectivity index (χ3n) is 3.41. The summed E-state index contributed by atoms with van der Waals surface area (Å²) in [5.74, 6) is 0. The largest absolute Gasteiger partial charge is 0.399 e. The molecule has 0 amide bonds. The van der Waals surface area contributed by atoms with Crippen LogP contribution in [-0.2, 0) is 13.0 Å². The van der Waals surface area contributed by atoms with Crippen LogP contribution in [0.25, 0.3) is 10.9 Å². The predicted octanol–water partition coefficient (Wildman–Crippen LogP) is 2.22. The summed E-state index contributed by atoms with van der Waals surface area (Å²) in [4.78, 5) is 16.6. The monoisotopic (exact) mass is 265 g/mol. The van der Waals surface area contributed by atoms with Gasteiger partial charge in [0.05, 0.1) is 17.2 Å². The van der Waals surface area contributed by atoms with E-state index in [0.717, 1.165) is 16.8 Å². The molecule has 0 saturated carbocycles. The highest BCUT2D eigenvalue weighted by Gasteiger charge is 2.04. The zero-order chi connectivity index (χ0) is 13.9. The second kappa shape index (κ2) is 5.17. The summed E-state index contributed by atoms with van der Waals surface area (Å²) >= 11 is 0. The molecule has 0 unspecified atom stereocenters. The van der Waals surface area contributed by atoms with Crippen LogP contribution in [0.4, 0.5) is 5.69 Å². The lowest BCUT2D eigenvalue weighted by atomic mass is 10.1. The number of para-hydroxylation sites is 2. The lowest BCUT2D eigenvalue weighted by molar-refractivity contribution is 0.663. The van der Waals surface area contributed by atoms with Crippen LogP contribution in [0.2, 0.25) is 0 Å². The van der Waals surface area contributed by atoms with Gasteiger partial charge < -0.3 is 5.73 Å². The van der Waals surface area contributed by atoms with Gasteiger partial charge in [-0.1, -0.05) is 30.3 Å². The zero-order valence-electron chi connectivity index (χ0n) is 11.0. The van der Waals surface area contributed by atoms with Crippen LogP contribution < -0.4 is 11.3 Å². The van der Waals surface area contributed by atoms with Crippen LogP contribution >= 0.6 is 0 Å². The number of benzene rings is 2. The fraction of sp³-hybridized carbons (Fsp3) is 0.125. The second-order valence-corrected chi connectivity index (χ2v) is 4.71. The minimum Gasteiger partial charge on any atom is -0.399 e. The van der Waals surface area contributed by atoms with E-state index >= 15 is 0 Å². The molecule has 0 spiro atoms.